The number of rotatable bonds is 9. The molecule has 0 saturated carbocycles. The maximum absolute atomic E-state index is 6.71. The Morgan fingerprint density at radius 1 is 0.675 bits per heavy atom. The molecule has 0 N–H and O–H groups in total. The van der Waals surface area contributed by atoms with Crippen LogP contribution in [0.25, 0.3) is 0 Å². The first kappa shape index (κ1) is 27.2. The van der Waals surface area contributed by atoms with Gasteiger partial charge in [0.1, 0.15) is 29.9 Å². The molecule has 0 bridgehead atoms. The first-order chi connectivity index (χ1) is 19.7. The van der Waals surface area contributed by atoms with Gasteiger partial charge in [-0.15, -0.1) is 0 Å². The number of thioether (sulfide) groups is 1. The molecule has 40 heavy (non-hydrogen) atoms. The van der Waals surface area contributed by atoms with Crippen LogP contribution in [-0.4, -0.2) is 36.5 Å². The van der Waals surface area contributed by atoms with E-state index in [2.05, 4.69) is 55.5 Å². The Morgan fingerprint density at radius 3 is 1.88 bits per heavy atom. The van der Waals surface area contributed by atoms with E-state index in [1.807, 2.05) is 66.7 Å². The minimum absolute atomic E-state index is 0.291. The van der Waals surface area contributed by atoms with Crippen molar-refractivity contribution in [2.75, 3.05) is 6.61 Å². The molecule has 2 saturated heterocycles. The maximum Gasteiger partial charge on any atom is 0.184 e. The molecule has 6 rings (SSSR count). The molecule has 0 spiro atoms. The van der Waals surface area contributed by atoms with Crippen LogP contribution in [0.5, 0.6) is 0 Å². The van der Waals surface area contributed by atoms with Gasteiger partial charge >= 0.3 is 0 Å². The zero-order valence-electron chi connectivity index (χ0n) is 22.5. The number of aryl methyl sites for hydroxylation is 1. The van der Waals surface area contributed by atoms with Gasteiger partial charge in [0.05, 0.1) is 19.8 Å². The third kappa shape index (κ3) is 6.66. The second kappa shape index (κ2) is 13.1. The first-order valence-electron chi connectivity index (χ1n) is 13.7. The molecule has 2 aliphatic rings. The summed E-state index contributed by atoms with van der Waals surface area (Å²) in [4.78, 5) is 1.11. The summed E-state index contributed by atoms with van der Waals surface area (Å²) in [7, 11) is 0. The van der Waals surface area contributed by atoms with E-state index in [-0.39, 0.29) is 29.9 Å². The molecule has 6 heteroatoms. The second-order valence-electron chi connectivity index (χ2n) is 10.2. The van der Waals surface area contributed by atoms with Crippen LogP contribution in [-0.2, 0) is 36.9 Å². The van der Waals surface area contributed by atoms with E-state index >= 15 is 0 Å². The molecular formula is C34H34O5S. The molecule has 5 nitrogen and oxygen atoms in total. The highest BCUT2D eigenvalue weighted by atomic mass is 32.2. The van der Waals surface area contributed by atoms with E-state index in [9.17, 15) is 0 Å². The van der Waals surface area contributed by atoms with E-state index in [4.69, 9.17) is 23.7 Å². The largest absolute Gasteiger partial charge is 0.368 e. The summed E-state index contributed by atoms with van der Waals surface area (Å²) in [5.41, 5.74) is 4.08. The average Bonchev–Trinajstić information content (AvgIpc) is 3.01. The zero-order valence-corrected chi connectivity index (χ0v) is 23.3. The van der Waals surface area contributed by atoms with Crippen molar-refractivity contribution in [3.8, 4) is 0 Å². The lowest BCUT2D eigenvalue weighted by molar-refractivity contribution is -0.329. The highest BCUT2D eigenvalue weighted by Gasteiger charge is 2.51. The van der Waals surface area contributed by atoms with E-state index in [0.717, 1.165) is 21.6 Å². The van der Waals surface area contributed by atoms with Gasteiger partial charge in [-0.05, 0) is 30.2 Å². The molecule has 2 heterocycles. The Balaban J connectivity index is 1.30. The summed E-state index contributed by atoms with van der Waals surface area (Å²) in [6.07, 6.45) is -1.91. The number of hydrogen-bond acceptors (Lipinski definition) is 6. The van der Waals surface area contributed by atoms with Crippen molar-refractivity contribution in [2.24, 2.45) is 0 Å². The summed E-state index contributed by atoms with van der Waals surface area (Å²) < 4.78 is 32.9. The molecule has 0 amide bonds. The Bertz CT molecular complexity index is 1320. The highest BCUT2D eigenvalue weighted by molar-refractivity contribution is 7.99. The predicted molar refractivity (Wildman–Crippen MR) is 156 cm³/mol. The van der Waals surface area contributed by atoms with Gasteiger partial charge in [0, 0.05) is 10.5 Å². The molecule has 0 aromatic heterocycles. The van der Waals surface area contributed by atoms with Crippen LogP contribution < -0.4 is 0 Å². The topological polar surface area (TPSA) is 46.2 Å². The second-order valence-corrected chi connectivity index (χ2v) is 11.3. The van der Waals surface area contributed by atoms with E-state index in [1.165, 1.54) is 5.56 Å². The average molecular weight is 555 g/mol. The van der Waals surface area contributed by atoms with Gasteiger partial charge in [-0.25, -0.2) is 0 Å². The van der Waals surface area contributed by atoms with Crippen molar-refractivity contribution in [2.45, 2.75) is 61.2 Å². The molecule has 0 radical (unpaired) electrons. The standard InChI is InChI=1S/C34H34O5S/c1-24-17-19-28(20-18-24)40-34-32(36-22-26-13-7-3-8-14-26)31(35-21-25-11-5-2-6-12-25)30-29(38-34)23-37-33(39-30)27-15-9-4-10-16-27/h2-20,29-34H,21-23H2,1H3/t29-,30-,31+,32+,33+,34-/m1/s1. The summed E-state index contributed by atoms with van der Waals surface area (Å²) in [5, 5.41) is 0. The monoisotopic (exact) mass is 554 g/mol. The predicted octanol–water partition coefficient (Wildman–Crippen LogP) is 7.10. The summed E-state index contributed by atoms with van der Waals surface area (Å²) in [5.74, 6) is 0. The molecular weight excluding hydrogens is 520 g/mol. The zero-order chi connectivity index (χ0) is 27.1. The smallest absolute Gasteiger partial charge is 0.184 e. The Kier molecular flexibility index (Phi) is 8.93. The number of fused-ring (bicyclic) bond motifs is 1. The van der Waals surface area contributed by atoms with Gasteiger partial charge in [0.15, 0.2) is 6.29 Å². The van der Waals surface area contributed by atoms with Crippen LogP contribution in [0.3, 0.4) is 0 Å². The molecule has 206 valence electrons. The van der Waals surface area contributed by atoms with Gasteiger partial charge in [-0.3, -0.25) is 0 Å². The van der Waals surface area contributed by atoms with Crippen LogP contribution >= 0.6 is 11.8 Å². The summed E-state index contributed by atoms with van der Waals surface area (Å²) >= 11 is 1.66. The van der Waals surface area contributed by atoms with Gasteiger partial charge in [0.25, 0.3) is 0 Å². The SMILES string of the molecule is Cc1ccc(S[C@H]2O[C@@H]3CO[C@H](c4ccccc4)O[C@H]3[C@H](OCc3ccccc3)[C@@H]2OCc2ccccc2)cc1. The third-order valence-electron chi connectivity index (χ3n) is 7.20. The lowest BCUT2D eigenvalue weighted by atomic mass is 9.98. The fraction of sp³-hybridized carbons (Fsp3) is 0.294. The van der Waals surface area contributed by atoms with Crippen molar-refractivity contribution in [1.82, 2.24) is 0 Å². The Labute approximate surface area is 240 Å². The van der Waals surface area contributed by atoms with E-state index in [0.29, 0.717) is 19.8 Å². The number of hydrogen-bond donors (Lipinski definition) is 0. The minimum atomic E-state index is -0.495. The third-order valence-corrected chi connectivity index (χ3v) is 8.36. The van der Waals surface area contributed by atoms with Crippen LogP contribution in [0.15, 0.2) is 120 Å². The summed E-state index contributed by atoms with van der Waals surface area (Å²) in [6.45, 7) is 3.39. The fourth-order valence-corrected chi connectivity index (χ4v) is 6.20. The van der Waals surface area contributed by atoms with Gasteiger partial charge in [0.2, 0.25) is 0 Å². The van der Waals surface area contributed by atoms with Gasteiger partial charge in [-0.2, -0.15) is 0 Å². The van der Waals surface area contributed by atoms with Gasteiger partial charge < -0.3 is 23.7 Å². The Hall–Kier alpha value is -2.97. The molecule has 2 fully saturated rings. The molecule has 0 aliphatic carbocycles. The van der Waals surface area contributed by atoms with Crippen molar-refractivity contribution < 1.29 is 23.7 Å². The van der Waals surface area contributed by atoms with E-state index in [1.54, 1.807) is 11.8 Å². The molecule has 4 aromatic carbocycles. The Morgan fingerprint density at radius 2 is 1.25 bits per heavy atom. The van der Waals surface area contributed by atoms with Crippen molar-refractivity contribution in [3.63, 3.8) is 0 Å². The van der Waals surface area contributed by atoms with Crippen molar-refractivity contribution >= 4 is 11.8 Å². The van der Waals surface area contributed by atoms with Crippen LogP contribution in [0.4, 0.5) is 0 Å². The molecule has 6 atom stereocenters. The van der Waals surface area contributed by atoms with Crippen LogP contribution in [0.1, 0.15) is 28.5 Å². The maximum atomic E-state index is 6.71. The lowest BCUT2D eigenvalue weighted by Gasteiger charge is -2.49. The van der Waals surface area contributed by atoms with E-state index < -0.39 is 6.29 Å². The highest BCUT2D eigenvalue weighted by Crippen LogP contribution is 2.41. The normalized spacial score (nSPS) is 26.2. The van der Waals surface area contributed by atoms with Crippen molar-refractivity contribution in [3.05, 3.63) is 138 Å². The van der Waals surface area contributed by atoms with Crippen LogP contribution in [0, 0.1) is 6.92 Å². The van der Waals surface area contributed by atoms with Gasteiger partial charge in [-0.1, -0.05) is 120 Å². The molecule has 4 aromatic rings. The quantitative estimate of drug-likeness (QED) is 0.220. The molecule has 2 aliphatic heterocycles. The molecule has 0 unspecified atom stereocenters. The number of benzene rings is 4. The number of ether oxygens (including phenoxy) is 5. The first-order valence-corrected chi connectivity index (χ1v) is 14.6. The minimum Gasteiger partial charge on any atom is -0.368 e. The summed E-state index contributed by atoms with van der Waals surface area (Å²) in [6, 6.07) is 39.0. The van der Waals surface area contributed by atoms with Crippen LogP contribution in [0.2, 0.25) is 0 Å². The fourth-order valence-electron chi connectivity index (χ4n) is 5.07. The van der Waals surface area contributed by atoms with Crippen molar-refractivity contribution in [1.29, 1.82) is 0 Å². The lowest BCUT2D eigenvalue weighted by Crippen LogP contribution is -2.62.